The first kappa shape index (κ1) is 15.1. The Kier molecular flexibility index (Phi) is 3.26. The molecular weight excluding hydrogens is 268 g/mol. The van der Waals surface area contributed by atoms with Gasteiger partial charge in [-0.3, -0.25) is 0 Å². The van der Waals surface area contributed by atoms with E-state index in [-0.39, 0.29) is 5.41 Å². The van der Waals surface area contributed by atoms with E-state index in [0.29, 0.717) is 11.3 Å². The van der Waals surface area contributed by atoms with Crippen molar-refractivity contribution in [2.24, 2.45) is 34.5 Å². The minimum absolute atomic E-state index is 0.0270. The predicted octanol–water partition coefficient (Wildman–Crippen LogP) is 4.78. The summed E-state index contributed by atoms with van der Waals surface area (Å²) in [6.07, 6.45) is 18.8. The monoisotopic (exact) mass is 300 g/mol. The summed E-state index contributed by atoms with van der Waals surface area (Å²) in [6.45, 7) is 4.91. The van der Waals surface area contributed by atoms with E-state index >= 15 is 0 Å². The van der Waals surface area contributed by atoms with Crippen LogP contribution in [-0.2, 0) is 0 Å². The van der Waals surface area contributed by atoms with E-state index in [0.717, 1.165) is 37.0 Å². The summed E-state index contributed by atoms with van der Waals surface area (Å²) in [5.41, 5.74) is -0.285. The summed E-state index contributed by atoms with van der Waals surface area (Å²) >= 11 is 0. The van der Waals surface area contributed by atoms with E-state index in [9.17, 15) is 5.11 Å². The van der Waals surface area contributed by atoms with Crippen molar-refractivity contribution in [1.29, 1.82) is 0 Å². The number of hydrogen-bond acceptors (Lipinski definition) is 1. The lowest BCUT2D eigenvalue weighted by molar-refractivity contribution is -0.134. The molecule has 0 unspecified atom stereocenters. The smallest absolute Gasteiger partial charge is 0.130 e. The van der Waals surface area contributed by atoms with Crippen molar-refractivity contribution in [3.05, 3.63) is 0 Å². The molecule has 0 aromatic rings. The highest BCUT2D eigenvalue weighted by Gasteiger charge is 2.63. The van der Waals surface area contributed by atoms with E-state index < -0.39 is 5.60 Å². The van der Waals surface area contributed by atoms with Gasteiger partial charge in [0.25, 0.3) is 0 Å². The van der Waals surface area contributed by atoms with Crippen LogP contribution in [0, 0.1) is 46.8 Å². The zero-order chi connectivity index (χ0) is 15.6. The first-order valence-corrected chi connectivity index (χ1v) is 9.65. The molecule has 1 nitrogen and oxygen atoms in total. The van der Waals surface area contributed by atoms with Crippen molar-refractivity contribution in [2.75, 3.05) is 0 Å². The van der Waals surface area contributed by atoms with Crippen molar-refractivity contribution in [3.8, 4) is 12.3 Å². The molecule has 1 heteroatoms. The van der Waals surface area contributed by atoms with E-state index in [1.54, 1.807) is 0 Å². The van der Waals surface area contributed by atoms with Crippen LogP contribution in [0.1, 0.15) is 78.1 Å². The molecule has 1 N–H and O–H groups in total. The summed E-state index contributed by atoms with van der Waals surface area (Å²) in [5.74, 6) is 6.14. The molecule has 0 spiro atoms. The Balaban J connectivity index is 1.67. The normalized spacial score (nSPS) is 57.4. The molecule has 0 aliphatic heterocycles. The second-order valence-electron chi connectivity index (χ2n) is 9.40. The fourth-order valence-electron chi connectivity index (χ4n) is 7.55. The van der Waals surface area contributed by atoms with Crippen LogP contribution in [-0.4, -0.2) is 10.7 Å². The van der Waals surface area contributed by atoms with E-state index in [1.165, 1.54) is 44.9 Å². The molecule has 7 atom stereocenters. The summed E-state index contributed by atoms with van der Waals surface area (Å²) < 4.78 is 0. The lowest BCUT2D eigenvalue weighted by Crippen LogP contribution is -2.55. The fraction of sp³-hybridized carbons (Fsp3) is 0.905. The molecule has 122 valence electrons. The molecule has 0 bridgehead atoms. The molecule has 0 radical (unpaired) electrons. The van der Waals surface area contributed by atoms with Crippen LogP contribution in [0.25, 0.3) is 0 Å². The molecule has 22 heavy (non-hydrogen) atoms. The van der Waals surface area contributed by atoms with Crippen molar-refractivity contribution < 1.29 is 5.11 Å². The molecule has 4 aliphatic carbocycles. The Morgan fingerprint density at radius 1 is 0.909 bits per heavy atom. The average Bonchev–Trinajstić information content (AvgIpc) is 2.79. The lowest BCUT2D eigenvalue weighted by atomic mass is 9.44. The van der Waals surface area contributed by atoms with Crippen molar-refractivity contribution in [3.63, 3.8) is 0 Å². The van der Waals surface area contributed by atoms with Gasteiger partial charge in [0, 0.05) is 5.41 Å². The highest BCUT2D eigenvalue weighted by atomic mass is 16.3. The summed E-state index contributed by atoms with van der Waals surface area (Å²) in [4.78, 5) is 0. The van der Waals surface area contributed by atoms with Gasteiger partial charge >= 0.3 is 0 Å². The standard InChI is InChI=1S/C21H32O/c1-4-21(22)14-11-18-16-9-8-15-7-5-6-12-19(15,2)17(16)10-13-20(18,21)3/h1,15-18,22H,5-14H2,2-3H3/t15-,16-,17+,18+,19-,20-,21-/m0/s1. The average molecular weight is 300 g/mol. The second kappa shape index (κ2) is 4.76. The quantitative estimate of drug-likeness (QED) is 0.638. The van der Waals surface area contributed by atoms with Gasteiger partial charge in [-0.1, -0.05) is 32.6 Å². The maximum atomic E-state index is 11.0. The Hall–Kier alpha value is -0.480. The Labute approximate surface area is 136 Å². The van der Waals surface area contributed by atoms with E-state index in [1.807, 2.05) is 0 Å². The largest absolute Gasteiger partial charge is 0.377 e. The van der Waals surface area contributed by atoms with Gasteiger partial charge in [0.1, 0.15) is 5.60 Å². The Morgan fingerprint density at radius 3 is 2.45 bits per heavy atom. The van der Waals surface area contributed by atoms with E-state index in [4.69, 9.17) is 6.42 Å². The van der Waals surface area contributed by atoms with Crippen LogP contribution in [0.5, 0.6) is 0 Å². The third-order valence-corrected chi connectivity index (χ3v) is 8.97. The molecule has 0 aromatic carbocycles. The first-order valence-electron chi connectivity index (χ1n) is 9.65. The van der Waals surface area contributed by atoms with Gasteiger partial charge in [0.15, 0.2) is 0 Å². The molecule has 0 aromatic heterocycles. The highest BCUT2D eigenvalue weighted by molar-refractivity contribution is 5.23. The number of fused-ring (bicyclic) bond motifs is 5. The highest BCUT2D eigenvalue weighted by Crippen LogP contribution is 2.68. The molecular formula is C21H32O. The summed E-state index contributed by atoms with van der Waals surface area (Å²) in [7, 11) is 0. The van der Waals surface area contributed by atoms with Crippen LogP contribution in [0.3, 0.4) is 0 Å². The van der Waals surface area contributed by atoms with Crippen LogP contribution in [0.15, 0.2) is 0 Å². The topological polar surface area (TPSA) is 20.2 Å². The maximum Gasteiger partial charge on any atom is 0.130 e. The summed E-state index contributed by atoms with van der Waals surface area (Å²) in [6, 6.07) is 0. The van der Waals surface area contributed by atoms with Gasteiger partial charge in [-0.25, -0.2) is 0 Å². The Bertz CT molecular complexity index is 505. The van der Waals surface area contributed by atoms with Gasteiger partial charge in [-0.2, -0.15) is 0 Å². The van der Waals surface area contributed by atoms with Gasteiger partial charge in [-0.05, 0) is 80.5 Å². The number of aliphatic hydroxyl groups is 1. The zero-order valence-electron chi connectivity index (χ0n) is 14.4. The van der Waals surface area contributed by atoms with Crippen LogP contribution < -0.4 is 0 Å². The van der Waals surface area contributed by atoms with Gasteiger partial charge in [0.2, 0.25) is 0 Å². The predicted molar refractivity (Wildman–Crippen MR) is 90.1 cm³/mol. The van der Waals surface area contributed by atoms with Gasteiger partial charge < -0.3 is 5.11 Å². The van der Waals surface area contributed by atoms with Gasteiger partial charge in [0.05, 0.1) is 0 Å². The molecule has 4 aliphatic rings. The fourth-order valence-corrected chi connectivity index (χ4v) is 7.55. The number of rotatable bonds is 0. The molecule has 0 amide bonds. The maximum absolute atomic E-state index is 11.0. The van der Waals surface area contributed by atoms with Crippen molar-refractivity contribution in [2.45, 2.75) is 83.7 Å². The minimum Gasteiger partial charge on any atom is -0.377 e. The minimum atomic E-state index is -0.840. The van der Waals surface area contributed by atoms with Crippen molar-refractivity contribution in [1.82, 2.24) is 0 Å². The number of terminal acetylenes is 1. The van der Waals surface area contributed by atoms with Crippen molar-refractivity contribution >= 4 is 0 Å². The third-order valence-electron chi connectivity index (χ3n) is 8.97. The van der Waals surface area contributed by atoms with Gasteiger partial charge in [-0.15, -0.1) is 6.42 Å². The Morgan fingerprint density at radius 2 is 1.68 bits per heavy atom. The molecule has 0 heterocycles. The van der Waals surface area contributed by atoms with Crippen LogP contribution in [0.2, 0.25) is 0 Å². The second-order valence-corrected chi connectivity index (χ2v) is 9.40. The summed E-state index contributed by atoms with van der Waals surface area (Å²) in [5, 5.41) is 11.0. The number of hydrogen-bond donors (Lipinski definition) is 1. The molecule has 4 rings (SSSR count). The lowest BCUT2D eigenvalue weighted by Gasteiger charge is -2.60. The molecule has 4 saturated carbocycles. The zero-order valence-corrected chi connectivity index (χ0v) is 14.4. The third kappa shape index (κ3) is 1.71. The first-order chi connectivity index (χ1) is 10.4. The molecule has 0 saturated heterocycles. The van der Waals surface area contributed by atoms with Crippen LogP contribution in [0.4, 0.5) is 0 Å². The van der Waals surface area contributed by atoms with E-state index in [2.05, 4.69) is 19.8 Å². The SMILES string of the molecule is C#C[C@]1(O)CC[C@@H]2[C@H]3CC[C@@H]4CCCC[C@]4(C)[C@@H]3CC[C@@]21C. The molecule has 4 fully saturated rings. The van der Waals surface area contributed by atoms with Crippen LogP contribution >= 0.6 is 0 Å².